The number of alkyl carbamates (subject to hydrolysis) is 1. The van der Waals surface area contributed by atoms with Crippen LogP contribution in [0.15, 0.2) is 41.5 Å². The zero-order valence-corrected chi connectivity index (χ0v) is 37.4. The third-order valence-corrected chi connectivity index (χ3v) is 11.1. The summed E-state index contributed by atoms with van der Waals surface area (Å²) in [4.78, 5) is 74.4. The van der Waals surface area contributed by atoms with Crippen molar-refractivity contribution >= 4 is 41.1 Å². The van der Waals surface area contributed by atoms with Gasteiger partial charge in [-0.25, -0.2) is 19.0 Å². The van der Waals surface area contributed by atoms with Crippen LogP contribution in [0.3, 0.4) is 0 Å². The normalized spacial score (nSPS) is 17.1. The number of hydrogen-bond donors (Lipinski definition) is 3. The van der Waals surface area contributed by atoms with Crippen LogP contribution in [0.4, 0.5) is 15.1 Å². The van der Waals surface area contributed by atoms with Crippen molar-refractivity contribution in [2.24, 2.45) is 5.92 Å². The Morgan fingerprint density at radius 2 is 1.52 bits per heavy atom. The Morgan fingerprint density at radius 3 is 2.16 bits per heavy atom. The van der Waals surface area contributed by atoms with E-state index >= 15 is 4.39 Å². The molecule has 1 aliphatic rings. The number of imidazole rings is 1. The molecule has 0 spiro atoms. The Kier molecular flexibility index (Phi) is 22.4. The van der Waals surface area contributed by atoms with Gasteiger partial charge in [0.15, 0.2) is 11.2 Å². The van der Waals surface area contributed by atoms with Gasteiger partial charge >= 0.3 is 24.0 Å². The summed E-state index contributed by atoms with van der Waals surface area (Å²) in [5, 5.41) is 2.56. The monoisotopic (exact) mass is 885 g/mol. The highest BCUT2D eigenvalue weighted by atomic mass is 19.1. The average molecular weight is 885 g/mol. The summed E-state index contributed by atoms with van der Waals surface area (Å²) in [6, 6.07) is 8.03. The van der Waals surface area contributed by atoms with Gasteiger partial charge in [-0.2, -0.15) is 4.98 Å². The minimum absolute atomic E-state index is 0.0105. The van der Waals surface area contributed by atoms with Crippen LogP contribution in [-0.4, -0.2) is 81.2 Å². The van der Waals surface area contributed by atoms with E-state index in [4.69, 9.17) is 29.4 Å². The number of halogens is 1. The summed E-state index contributed by atoms with van der Waals surface area (Å²) in [5.41, 5.74) is 6.06. The fraction of sp³-hybridized carbons (Fsp3) is 0.674. The van der Waals surface area contributed by atoms with Gasteiger partial charge in [0.05, 0.1) is 6.33 Å². The fourth-order valence-corrected chi connectivity index (χ4v) is 7.41. The lowest BCUT2D eigenvalue weighted by atomic mass is 10.0. The zero-order valence-electron chi connectivity index (χ0n) is 37.4. The molecule has 3 aromatic rings. The second-order valence-corrected chi connectivity index (χ2v) is 16.7. The number of carbonyl (C=O) groups is 4. The van der Waals surface area contributed by atoms with Crippen LogP contribution in [0.25, 0.3) is 11.2 Å². The van der Waals surface area contributed by atoms with Crippen molar-refractivity contribution in [1.29, 1.82) is 0 Å². The molecule has 4 N–H and O–H groups in total. The van der Waals surface area contributed by atoms with E-state index in [0.717, 1.165) is 24.8 Å². The number of nitrogens with one attached hydrogen (secondary N) is 2. The van der Waals surface area contributed by atoms with Crippen LogP contribution in [0, 0.1) is 5.92 Å². The SMILES string of the molecule is CCCCCCCCCCCCCCCCCC(=O)OC(CCC(=O)OC[C@H]1O[C@@H](n2cnc3c(=O)[nH]c(N)nc32)C[C@@H]1F)COC(=O)[C@@H](NC(=O)OCc1ccccc1)C(C)C. The quantitative estimate of drug-likeness (QED) is 0.0327. The van der Waals surface area contributed by atoms with Crippen LogP contribution in [0.5, 0.6) is 0 Å². The molecule has 16 nitrogen and oxygen atoms in total. The smallest absolute Gasteiger partial charge is 0.408 e. The van der Waals surface area contributed by atoms with E-state index in [0.29, 0.717) is 6.42 Å². The predicted octanol–water partition coefficient (Wildman–Crippen LogP) is 8.32. The first-order valence-corrected chi connectivity index (χ1v) is 23.0. The fourth-order valence-electron chi connectivity index (χ4n) is 7.41. The van der Waals surface area contributed by atoms with Gasteiger partial charge in [-0.1, -0.05) is 141 Å². The third kappa shape index (κ3) is 18.3. The number of nitrogens with zero attached hydrogens (tertiary/aromatic N) is 3. The molecule has 1 aliphatic heterocycles. The lowest BCUT2D eigenvalue weighted by Gasteiger charge is -2.23. The third-order valence-electron chi connectivity index (χ3n) is 11.1. The molecule has 350 valence electrons. The standard InChI is InChI=1S/C46H69FN6O10/c1-4-5-6-7-8-9-10-11-12-13-14-15-16-17-21-24-39(55)62-34(29-60-44(57)40(32(2)3)50-46(58)61-28-33-22-19-18-20-23-33)25-26-38(54)59-30-36-35(47)27-37(63-36)53-31-49-41-42(53)51-45(48)52-43(41)56/h18-20,22-23,31-32,34-37,40H,4-17,21,24-30H2,1-3H3,(H,50,58)(H3,48,51,52,56)/t34?,35-,36+,37+,40-/m0/s1. The Balaban J connectivity index is 1.22. The number of amides is 1. The summed E-state index contributed by atoms with van der Waals surface area (Å²) in [5.74, 6) is -2.46. The number of aromatic amines is 1. The van der Waals surface area contributed by atoms with Crippen LogP contribution in [-0.2, 0) is 44.7 Å². The molecular formula is C46H69FN6O10. The highest BCUT2D eigenvalue weighted by Gasteiger charge is 2.38. The predicted molar refractivity (Wildman–Crippen MR) is 235 cm³/mol. The van der Waals surface area contributed by atoms with Gasteiger partial charge in [-0.15, -0.1) is 0 Å². The molecule has 5 atom stereocenters. The summed E-state index contributed by atoms with van der Waals surface area (Å²) >= 11 is 0. The minimum Gasteiger partial charge on any atom is -0.463 e. The van der Waals surface area contributed by atoms with Crippen molar-refractivity contribution in [3.63, 3.8) is 0 Å². The van der Waals surface area contributed by atoms with Gasteiger partial charge in [-0.05, 0) is 24.3 Å². The number of ether oxygens (including phenoxy) is 5. The molecule has 0 bridgehead atoms. The van der Waals surface area contributed by atoms with Gasteiger partial charge in [0.25, 0.3) is 5.56 Å². The molecular weight excluding hydrogens is 816 g/mol. The Labute approximate surface area is 369 Å². The van der Waals surface area contributed by atoms with Crippen molar-refractivity contribution in [2.75, 3.05) is 18.9 Å². The van der Waals surface area contributed by atoms with Gasteiger partial charge in [0.2, 0.25) is 5.95 Å². The molecule has 2 aromatic heterocycles. The number of carbonyl (C=O) groups excluding carboxylic acids is 4. The van der Waals surface area contributed by atoms with Gasteiger partial charge in [0, 0.05) is 19.3 Å². The highest BCUT2D eigenvalue weighted by molar-refractivity contribution is 5.81. The molecule has 1 amide bonds. The topological polar surface area (TPSA) is 216 Å². The molecule has 0 saturated carbocycles. The number of aromatic nitrogens is 4. The van der Waals surface area contributed by atoms with E-state index in [-0.39, 0.29) is 61.9 Å². The summed E-state index contributed by atoms with van der Waals surface area (Å²) in [6.07, 6.45) is 13.7. The molecule has 17 heteroatoms. The molecule has 0 radical (unpaired) electrons. The number of hydrogen-bond acceptors (Lipinski definition) is 13. The van der Waals surface area contributed by atoms with Crippen molar-refractivity contribution in [3.05, 3.63) is 52.6 Å². The number of alkyl halides is 1. The number of benzene rings is 1. The maximum absolute atomic E-state index is 15.1. The number of fused-ring (bicyclic) bond motifs is 1. The lowest BCUT2D eigenvalue weighted by Crippen LogP contribution is -2.46. The first-order valence-electron chi connectivity index (χ1n) is 23.0. The van der Waals surface area contributed by atoms with E-state index in [1.807, 2.05) is 18.2 Å². The van der Waals surface area contributed by atoms with Crippen molar-refractivity contribution in [2.45, 2.75) is 180 Å². The number of esters is 3. The molecule has 0 aliphatic carbocycles. The first kappa shape index (κ1) is 50.6. The zero-order chi connectivity index (χ0) is 45.4. The Hall–Kier alpha value is -5.06. The minimum atomic E-state index is -1.51. The van der Waals surface area contributed by atoms with Crippen molar-refractivity contribution < 1.29 is 47.3 Å². The number of rotatable bonds is 30. The summed E-state index contributed by atoms with van der Waals surface area (Å²) in [7, 11) is 0. The van der Waals surface area contributed by atoms with Crippen molar-refractivity contribution in [3.8, 4) is 0 Å². The molecule has 1 aromatic carbocycles. The number of nitrogens with two attached hydrogens (primary N) is 1. The second-order valence-electron chi connectivity index (χ2n) is 16.7. The van der Waals surface area contributed by atoms with E-state index in [1.165, 1.54) is 81.5 Å². The highest BCUT2D eigenvalue weighted by Crippen LogP contribution is 2.32. The molecule has 63 heavy (non-hydrogen) atoms. The largest absolute Gasteiger partial charge is 0.463 e. The maximum atomic E-state index is 15.1. The van der Waals surface area contributed by atoms with Gasteiger partial charge in [-0.3, -0.25) is 23.9 Å². The number of H-pyrrole nitrogens is 1. The molecule has 3 heterocycles. The van der Waals surface area contributed by atoms with Crippen LogP contribution >= 0.6 is 0 Å². The number of anilines is 1. The number of nitrogen functional groups attached to an aromatic ring is 1. The average Bonchev–Trinajstić information content (AvgIpc) is 3.86. The van der Waals surface area contributed by atoms with Crippen molar-refractivity contribution in [1.82, 2.24) is 24.8 Å². The van der Waals surface area contributed by atoms with E-state index in [1.54, 1.807) is 26.0 Å². The van der Waals surface area contributed by atoms with E-state index < -0.39 is 66.8 Å². The van der Waals surface area contributed by atoms with Crippen LogP contribution in [0.2, 0.25) is 0 Å². The molecule has 4 rings (SSSR count). The van der Waals surface area contributed by atoms with Crippen LogP contribution < -0.4 is 16.6 Å². The number of unbranched alkanes of at least 4 members (excludes halogenated alkanes) is 14. The summed E-state index contributed by atoms with van der Waals surface area (Å²) in [6.45, 7) is 4.94. The lowest BCUT2D eigenvalue weighted by molar-refractivity contribution is -0.162. The first-order chi connectivity index (χ1) is 30.4. The van der Waals surface area contributed by atoms with Gasteiger partial charge in [0.1, 0.15) is 50.5 Å². The maximum Gasteiger partial charge on any atom is 0.408 e. The van der Waals surface area contributed by atoms with E-state index in [2.05, 4.69) is 27.2 Å². The molecule has 1 fully saturated rings. The Morgan fingerprint density at radius 1 is 0.889 bits per heavy atom. The second kappa shape index (κ2) is 27.9. The summed E-state index contributed by atoms with van der Waals surface area (Å²) < 4.78 is 44.2. The Bertz CT molecular complexity index is 1890. The molecule has 1 unspecified atom stereocenters. The van der Waals surface area contributed by atoms with Crippen LogP contribution in [0.1, 0.15) is 155 Å². The van der Waals surface area contributed by atoms with Gasteiger partial charge < -0.3 is 34.7 Å². The van der Waals surface area contributed by atoms with E-state index in [9.17, 15) is 24.0 Å². The molecule has 1 saturated heterocycles.